The topological polar surface area (TPSA) is 54.0 Å². The van der Waals surface area contributed by atoms with Crippen LogP contribution in [-0.2, 0) is 0 Å². The van der Waals surface area contributed by atoms with Crippen LogP contribution < -0.4 is 18.9 Å². The van der Waals surface area contributed by atoms with Gasteiger partial charge >= 0.3 is 0 Å². The number of fused-ring (bicyclic) bond motifs is 1. The third kappa shape index (κ3) is 2.70. The van der Waals surface area contributed by atoms with Gasteiger partial charge in [0.15, 0.2) is 17.3 Å². The first-order valence-corrected chi connectivity index (χ1v) is 7.37. The molecule has 5 heteroatoms. The highest BCUT2D eigenvalue weighted by Crippen LogP contribution is 2.43. The highest BCUT2D eigenvalue weighted by Gasteiger charge is 2.25. The zero-order valence-corrected chi connectivity index (χ0v) is 13.3. The molecule has 23 heavy (non-hydrogen) atoms. The van der Waals surface area contributed by atoms with Gasteiger partial charge in [-0.25, -0.2) is 0 Å². The summed E-state index contributed by atoms with van der Waals surface area (Å²) in [5.74, 6) is 2.43. The smallest absolute Gasteiger partial charge is 0.231 e. The Balaban J connectivity index is 2.22. The van der Waals surface area contributed by atoms with Crippen molar-refractivity contribution < 1.29 is 23.7 Å². The molecule has 0 N–H and O–H groups in total. The molecule has 0 saturated carbocycles. The summed E-state index contributed by atoms with van der Waals surface area (Å²) in [5, 5.41) is 0. The van der Waals surface area contributed by atoms with Crippen LogP contribution in [0.25, 0.3) is 11.1 Å². The predicted octanol–water partition coefficient (Wildman–Crippen LogP) is 3.69. The van der Waals surface area contributed by atoms with Crippen molar-refractivity contribution in [1.82, 2.24) is 0 Å². The molecule has 0 bridgehead atoms. The number of ether oxygens (including phenoxy) is 4. The fourth-order valence-electron chi connectivity index (χ4n) is 2.63. The van der Waals surface area contributed by atoms with Gasteiger partial charge in [0.1, 0.15) is 11.5 Å². The minimum atomic E-state index is 0.00383. The van der Waals surface area contributed by atoms with Crippen LogP contribution >= 0.6 is 0 Å². The Hall–Kier alpha value is -2.69. The van der Waals surface area contributed by atoms with Crippen LogP contribution in [0.3, 0.4) is 0 Å². The minimum Gasteiger partial charge on any atom is -0.497 e. The van der Waals surface area contributed by atoms with E-state index in [1.807, 2.05) is 31.2 Å². The summed E-state index contributed by atoms with van der Waals surface area (Å²) in [6.45, 7) is 1.96. The molecule has 3 rings (SSSR count). The van der Waals surface area contributed by atoms with Crippen LogP contribution in [0.4, 0.5) is 0 Å². The highest BCUT2D eigenvalue weighted by atomic mass is 16.7. The van der Waals surface area contributed by atoms with E-state index in [1.54, 1.807) is 20.3 Å². The molecule has 0 radical (unpaired) electrons. The molecule has 1 heterocycles. The molecule has 2 aromatic carbocycles. The molecule has 0 fully saturated rings. The molecule has 5 nitrogen and oxygen atoms in total. The van der Waals surface area contributed by atoms with Crippen LogP contribution in [0.5, 0.6) is 23.0 Å². The third-order valence-corrected chi connectivity index (χ3v) is 3.80. The van der Waals surface area contributed by atoms with Crippen molar-refractivity contribution >= 4 is 5.78 Å². The lowest BCUT2D eigenvalue weighted by atomic mass is 9.94. The molecule has 1 aliphatic rings. The van der Waals surface area contributed by atoms with Gasteiger partial charge < -0.3 is 18.9 Å². The number of hydrogen-bond acceptors (Lipinski definition) is 5. The summed E-state index contributed by atoms with van der Waals surface area (Å²) in [7, 11) is 3.19. The molecule has 0 aromatic heterocycles. The fourth-order valence-corrected chi connectivity index (χ4v) is 2.63. The van der Waals surface area contributed by atoms with Gasteiger partial charge in [-0.15, -0.1) is 0 Å². The van der Waals surface area contributed by atoms with E-state index in [0.717, 1.165) is 11.1 Å². The molecular formula is C18H18O5. The summed E-state index contributed by atoms with van der Waals surface area (Å²) in [4.78, 5) is 12.5. The Morgan fingerprint density at radius 3 is 2.39 bits per heavy atom. The van der Waals surface area contributed by atoms with E-state index in [0.29, 0.717) is 35.0 Å². The van der Waals surface area contributed by atoms with Crippen LogP contribution in [0, 0.1) is 0 Å². The monoisotopic (exact) mass is 314 g/mol. The quantitative estimate of drug-likeness (QED) is 0.788. The number of methoxy groups -OCH3 is 2. The summed E-state index contributed by atoms with van der Waals surface area (Å²) in [6.07, 6.45) is 0.383. The van der Waals surface area contributed by atoms with Crippen molar-refractivity contribution in [3.8, 4) is 34.1 Å². The van der Waals surface area contributed by atoms with Gasteiger partial charge in [-0.05, 0) is 35.4 Å². The van der Waals surface area contributed by atoms with E-state index in [4.69, 9.17) is 18.9 Å². The fraction of sp³-hybridized carbons (Fsp3) is 0.278. The van der Waals surface area contributed by atoms with Crippen molar-refractivity contribution in [2.24, 2.45) is 0 Å². The van der Waals surface area contributed by atoms with Crippen molar-refractivity contribution in [2.75, 3.05) is 21.0 Å². The Morgan fingerprint density at radius 2 is 1.78 bits per heavy atom. The SMILES string of the molecule is CCC(=O)c1c(-c2cc(OC)cc(OC)c2)ccc2c1OCO2. The van der Waals surface area contributed by atoms with Gasteiger partial charge in [0.25, 0.3) is 0 Å². The molecule has 0 unspecified atom stereocenters. The van der Waals surface area contributed by atoms with E-state index in [1.165, 1.54) is 0 Å². The second-order valence-corrected chi connectivity index (χ2v) is 5.10. The molecule has 0 aliphatic carbocycles. The lowest BCUT2D eigenvalue weighted by Gasteiger charge is -2.13. The Bertz CT molecular complexity index is 729. The maximum absolute atomic E-state index is 12.5. The number of Topliss-reactive ketones (excluding diaryl/α,β-unsaturated/α-hetero) is 1. The van der Waals surface area contributed by atoms with Crippen LogP contribution in [0.1, 0.15) is 23.7 Å². The summed E-state index contributed by atoms with van der Waals surface area (Å²) >= 11 is 0. The van der Waals surface area contributed by atoms with E-state index in [9.17, 15) is 4.79 Å². The number of benzene rings is 2. The van der Waals surface area contributed by atoms with Crippen LogP contribution in [-0.4, -0.2) is 26.8 Å². The minimum absolute atomic E-state index is 0.00383. The van der Waals surface area contributed by atoms with Gasteiger partial charge in [0.2, 0.25) is 6.79 Å². The van der Waals surface area contributed by atoms with Gasteiger partial charge in [-0.1, -0.05) is 6.92 Å². The van der Waals surface area contributed by atoms with Crippen LogP contribution in [0.2, 0.25) is 0 Å². The highest BCUT2D eigenvalue weighted by molar-refractivity contribution is 6.05. The van der Waals surface area contributed by atoms with Gasteiger partial charge in [-0.3, -0.25) is 4.79 Å². The van der Waals surface area contributed by atoms with Gasteiger partial charge in [-0.2, -0.15) is 0 Å². The normalized spacial score (nSPS) is 12.1. The summed E-state index contributed by atoms with van der Waals surface area (Å²) in [6, 6.07) is 9.21. The van der Waals surface area contributed by atoms with Crippen molar-refractivity contribution in [1.29, 1.82) is 0 Å². The molecule has 0 spiro atoms. The second kappa shape index (κ2) is 6.20. The number of carbonyl (C=O) groups is 1. The zero-order valence-electron chi connectivity index (χ0n) is 13.3. The van der Waals surface area contributed by atoms with E-state index < -0.39 is 0 Å². The first kappa shape index (κ1) is 15.2. The number of rotatable bonds is 5. The number of hydrogen-bond donors (Lipinski definition) is 0. The average Bonchev–Trinajstić information content (AvgIpc) is 3.08. The maximum Gasteiger partial charge on any atom is 0.231 e. The van der Waals surface area contributed by atoms with E-state index in [-0.39, 0.29) is 12.6 Å². The lowest BCUT2D eigenvalue weighted by molar-refractivity contribution is 0.0984. The molecule has 0 atom stereocenters. The number of ketones is 1. The van der Waals surface area contributed by atoms with Crippen molar-refractivity contribution in [2.45, 2.75) is 13.3 Å². The second-order valence-electron chi connectivity index (χ2n) is 5.10. The first-order valence-electron chi connectivity index (χ1n) is 7.37. The largest absolute Gasteiger partial charge is 0.497 e. The molecular weight excluding hydrogens is 296 g/mol. The summed E-state index contributed by atoms with van der Waals surface area (Å²) in [5.41, 5.74) is 2.15. The molecule has 0 amide bonds. The first-order chi connectivity index (χ1) is 11.2. The summed E-state index contributed by atoms with van der Waals surface area (Å²) < 4.78 is 21.5. The Kier molecular flexibility index (Phi) is 4.10. The third-order valence-electron chi connectivity index (χ3n) is 3.80. The molecule has 0 saturated heterocycles. The zero-order chi connectivity index (χ0) is 16.4. The van der Waals surface area contributed by atoms with Gasteiger partial charge in [0, 0.05) is 12.5 Å². The van der Waals surface area contributed by atoms with E-state index >= 15 is 0 Å². The Morgan fingerprint density at radius 1 is 1.09 bits per heavy atom. The molecule has 2 aromatic rings. The predicted molar refractivity (Wildman–Crippen MR) is 85.7 cm³/mol. The van der Waals surface area contributed by atoms with Crippen molar-refractivity contribution in [3.63, 3.8) is 0 Å². The van der Waals surface area contributed by atoms with Gasteiger partial charge in [0.05, 0.1) is 19.8 Å². The van der Waals surface area contributed by atoms with Crippen molar-refractivity contribution in [3.05, 3.63) is 35.9 Å². The molecule has 1 aliphatic heterocycles. The lowest BCUT2D eigenvalue weighted by Crippen LogP contribution is -2.03. The molecule has 120 valence electrons. The van der Waals surface area contributed by atoms with E-state index in [2.05, 4.69) is 0 Å². The maximum atomic E-state index is 12.5. The number of carbonyl (C=O) groups excluding carboxylic acids is 1. The average molecular weight is 314 g/mol. The van der Waals surface area contributed by atoms with Crippen LogP contribution in [0.15, 0.2) is 30.3 Å². The standard InChI is InChI=1S/C18H18O5/c1-4-15(19)17-14(5-6-16-18(17)23-10-22-16)11-7-12(20-2)9-13(8-11)21-3/h5-9H,4,10H2,1-3H3. The Labute approximate surface area is 134 Å².